The zero-order valence-electron chi connectivity index (χ0n) is 18.2. The number of hydrogen-bond donors (Lipinski definition) is 1. The van der Waals surface area contributed by atoms with Crippen molar-refractivity contribution < 1.29 is 18.5 Å². The van der Waals surface area contributed by atoms with E-state index in [9.17, 15) is 14.7 Å². The van der Waals surface area contributed by atoms with Gasteiger partial charge in [0.05, 0.1) is 17.1 Å². The van der Waals surface area contributed by atoms with Gasteiger partial charge in [-0.1, -0.05) is 18.2 Å². The molecule has 0 bridgehead atoms. The lowest BCUT2D eigenvalue weighted by Gasteiger charge is -2.31. The van der Waals surface area contributed by atoms with Crippen LogP contribution in [0.25, 0.3) is 0 Å². The number of benzene rings is 2. The molecular weight excluding hydrogens is 405 g/mol. The molecule has 0 unspecified atom stereocenters. The fourth-order valence-corrected chi connectivity index (χ4v) is 5.21. The molecular formula is C21H30N3O5P. The van der Waals surface area contributed by atoms with Gasteiger partial charge in [-0.2, -0.15) is 0 Å². The molecule has 2 rings (SSSR count). The summed E-state index contributed by atoms with van der Waals surface area (Å²) in [5.41, 5.74) is 2.06. The third kappa shape index (κ3) is 6.29. The SMILES string of the molecule is CC(C)OP(=O)(OC(C)C)[C@@H](Nc1cccc([N+](=O)[O-])c1)c1ccc(N(C)C)cc1. The number of nitrogens with zero attached hydrogens (tertiary/aromatic N) is 2. The number of non-ortho nitro benzene ring substituents is 1. The summed E-state index contributed by atoms with van der Waals surface area (Å²) < 4.78 is 25.6. The normalized spacial score (nSPS) is 12.8. The summed E-state index contributed by atoms with van der Waals surface area (Å²) in [7, 11) is 0.165. The summed E-state index contributed by atoms with van der Waals surface area (Å²) in [5, 5.41) is 14.3. The van der Waals surface area contributed by atoms with E-state index in [1.165, 1.54) is 12.1 Å². The predicted molar refractivity (Wildman–Crippen MR) is 120 cm³/mol. The second-order valence-electron chi connectivity index (χ2n) is 7.69. The van der Waals surface area contributed by atoms with Crippen LogP contribution in [0.2, 0.25) is 0 Å². The molecule has 1 atom stereocenters. The van der Waals surface area contributed by atoms with Gasteiger partial charge in [0.25, 0.3) is 5.69 Å². The summed E-state index contributed by atoms with van der Waals surface area (Å²) in [6, 6.07) is 13.6. The number of hydrogen-bond acceptors (Lipinski definition) is 7. The topological polar surface area (TPSA) is 93.9 Å². The van der Waals surface area contributed by atoms with E-state index in [4.69, 9.17) is 9.05 Å². The van der Waals surface area contributed by atoms with Crippen LogP contribution in [0.15, 0.2) is 48.5 Å². The van der Waals surface area contributed by atoms with Crippen molar-refractivity contribution in [2.45, 2.75) is 45.7 Å². The van der Waals surface area contributed by atoms with Crippen LogP contribution in [0.1, 0.15) is 39.0 Å². The zero-order valence-corrected chi connectivity index (χ0v) is 19.1. The molecule has 0 fully saturated rings. The Hall–Kier alpha value is -2.41. The van der Waals surface area contributed by atoms with E-state index in [0.29, 0.717) is 11.3 Å². The lowest BCUT2D eigenvalue weighted by Crippen LogP contribution is -2.19. The Bertz CT molecular complexity index is 886. The predicted octanol–water partition coefficient (Wildman–Crippen LogP) is 5.81. The van der Waals surface area contributed by atoms with Crippen molar-refractivity contribution in [1.82, 2.24) is 0 Å². The second-order valence-corrected chi connectivity index (χ2v) is 9.71. The van der Waals surface area contributed by atoms with Gasteiger partial charge in [0, 0.05) is 37.6 Å². The average Bonchev–Trinajstić information content (AvgIpc) is 2.65. The summed E-state index contributed by atoms with van der Waals surface area (Å²) in [4.78, 5) is 12.7. The lowest BCUT2D eigenvalue weighted by atomic mass is 10.2. The van der Waals surface area contributed by atoms with Gasteiger partial charge < -0.3 is 19.3 Å². The number of nitro benzene ring substituents is 1. The molecule has 0 aliphatic rings. The molecule has 0 aliphatic heterocycles. The maximum absolute atomic E-state index is 13.9. The Kier molecular flexibility index (Phi) is 8.01. The number of nitro groups is 1. The van der Waals surface area contributed by atoms with Gasteiger partial charge >= 0.3 is 7.60 Å². The minimum absolute atomic E-state index is 0.0638. The molecule has 0 aliphatic carbocycles. The Labute approximate surface area is 177 Å². The number of rotatable bonds is 10. The van der Waals surface area contributed by atoms with Gasteiger partial charge in [-0.05, 0) is 51.5 Å². The minimum atomic E-state index is -3.70. The smallest absolute Gasteiger partial charge is 0.357 e. The minimum Gasteiger partial charge on any atom is -0.378 e. The van der Waals surface area contributed by atoms with Crippen LogP contribution < -0.4 is 10.2 Å². The highest BCUT2D eigenvalue weighted by molar-refractivity contribution is 7.54. The van der Waals surface area contributed by atoms with Gasteiger partial charge in [-0.15, -0.1) is 0 Å². The van der Waals surface area contributed by atoms with Crippen molar-refractivity contribution >= 4 is 24.7 Å². The van der Waals surface area contributed by atoms with Gasteiger partial charge in [0.1, 0.15) is 0 Å². The van der Waals surface area contributed by atoms with E-state index in [1.54, 1.807) is 39.8 Å². The first kappa shape index (κ1) is 23.9. The first-order valence-corrected chi connectivity index (χ1v) is 11.4. The molecule has 1 N–H and O–H groups in total. The Morgan fingerprint density at radius 1 is 1.00 bits per heavy atom. The van der Waals surface area contributed by atoms with Crippen LogP contribution in [0.4, 0.5) is 17.1 Å². The fraction of sp³-hybridized carbons (Fsp3) is 0.429. The molecule has 30 heavy (non-hydrogen) atoms. The molecule has 0 heterocycles. The molecule has 9 heteroatoms. The van der Waals surface area contributed by atoms with Crippen LogP contribution in [-0.4, -0.2) is 31.2 Å². The Morgan fingerprint density at radius 3 is 2.03 bits per heavy atom. The monoisotopic (exact) mass is 435 g/mol. The van der Waals surface area contributed by atoms with Gasteiger partial charge in [-0.3, -0.25) is 14.7 Å². The summed E-state index contributed by atoms with van der Waals surface area (Å²) >= 11 is 0. The quantitative estimate of drug-likeness (QED) is 0.286. The molecule has 2 aromatic rings. The van der Waals surface area contributed by atoms with E-state index in [0.717, 1.165) is 5.69 Å². The van der Waals surface area contributed by atoms with Gasteiger partial charge in [-0.25, -0.2) is 0 Å². The molecule has 0 aromatic heterocycles. The zero-order chi connectivity index (χ0) is 22.5. The van der Waals surface area contributed by atoms with Crippen molar-refractivity contribution in [1.29, 1.82) is 0 Å². The van der Waals surface area contributed by atoms with Crippen LogP contribution in [0, 0.1) is 10.1 Å². The second kappa shape index (κ2) is 10.1. The molecule has 164 valence electrons. The third-order valence-electron chi connectivity index (χ3n) is 4.12. The molecule has 0 radical (unpaired) electrons. The van der Waals surface area contributed by atoms with E-state index < -0.39 is 18.3 Å². The maximum Gasteiger partial charge on any atom is 0.357 e. The molecule has 8 nitrogen and oxygen atoms in total. The van der Waals surface area contributed by atoms with Crippen molar-refractivity contribution in [3.8, 4) is 0 Å². The largest absolute Gasteiger partial charge is 0.378 e. The Morgan fingerprint density at radius 2 is 1.57 bits per heavy atom. The fourth-order valence-electron chi connectivity index (χ4n) is 2.90. The van der Waals surface area contributed by atoms with E-state index in [2.05, 4.69) is 5.32 Å². The lowest BCUT2D eigenvalue weighted by molar-refractivity contribution is -0.384. The molecule has 0 spiro atoms. The highest BCUT2D eigenvalue weighted by atomic mass is 31.2. The van der Waals surface area contributed by atoms with Crippen LogP contribution in [0.3, 0.4) is 0 Å². The molecule has 0 amide bonds. The van der Waals surface area contributed by atoms with Gasteiger partial charge in [0.2, 0.25) is 0 Å². The van der Waals surface area contributed by atoms with Crippen molar-refractivity contribution in [2.24, 2.45) is 0 Å². The third-order valence-corrected chi connectivity index (χ3v) is 6.61. The standard InChI is InChI=1S/C21H30N3O5P/c1-15(2)28-30(27,29-16(3)4)21(17-10-12-19(13-11-17)23(5)6)22-18-8-7-9-20(14-18)24(25)26/h7-16,21-22H,1-6H3/t21-/m1/s1. The van der Waals surface area contributed by atoms with Crippen LogP contribution >= 0.6 is 7.60 Å². The summed E-state index contributed by atoms with van der Waals surface area (Å²) in [5.74, 6) is -0.847. The molecule has 2 aromatic carbocycles. The molecule has 0 saturated carbocycles. The maximum atomic E-state index is 13.9. The summed E-state index contributed by atoms with van der Waals surface area (Å²) in [6.45, 7) is 7.15. The average molecular weight is 435 g/mol. The number of anilines is 2. The van der Waals surface area contributed by atoms with Crippen LogP contribution in [0.5, 0.6) is 0 Å². The highest BCUT2D eigenvalue weighted by Gasteiger charge is 2.39. The first-order valence-electron chi connectivity index (χ1n) is 9.76. The number of nitrogens with one attached hydrogen (secondary N) is 1. The van der Waals surface area contributed by atoms with E-state index >= 15 is 0 Å². The Balaban J connectivity index is 2.54. The van der Waals surface area contributed by atoms with Gasteiger partial charge in [0.15, 0.2) is 5.78 Å². The first-order chi connectivity index (χ1) is 14.0. The highest BCUT2D eigenvalue weighted by Crippen LogP contribution is 2.62. The van der Waals surface area contributed by atoms with E-state index in [1.807, 2.05) is 43.3 Å². The summed E-state index contributed by atoms with van der Waals surface area (Å²) in [6.07, 6.45) is -0.685. The van der Waals surface area contributed by atoms with Crippen molar-refractivity contribution in [3.63, 3.8) is 0 Å². The van der Waals surface area contributed by atoms with Crippen molar-refractivity contribution in [2.75, 3.05) is 24.3 Å². The molecule has 0 saturated heterocycles. The van der Waals surface area contributed by atoms with Crippen molar-refractivity contribution in [3.05, 3.63) is 64.2 Å². The van der Waals surface area contributed by atoms with Crippen LogP contribution in [-0.2, 0) is 13.6 Å². The van der Waals surface area contributed by atoms with E-state index in [-0.39, 0.29) is 17.9 Å².